The predicted molar refractivity (Wildman–Crippen MR) is 97.3 cm³/mol. The molecule has 5 rings (SSSR count). The highest BCUT2D eigenvalue weighted by Crippen LogP contribution is 2.22. The van der Waals surface area contributed by atoms with Crippen molar-refractivity contribution in [3.05, 3.63) is 36.0 Å². The number of nitrogens with zero attached hydrogens (tertiary/aromatic N) is 3. The van der Waals surface area contributed by atoms with E-state index in [0.29, 0.717) is 12.8 Å². The first-order valence-corrected chi connectivity index (χ1v) is 8.79. The van der Waals surface area contributed by atoms with Crippen molar-refractivity contribution in [3.8, 4) is 0 Å². The van der Waals surface area contributed by atoms with Crippen LogP contribution in [0.5, 0.6) is 0 Å². The zero-order valence-electron chi connectivity index (χ0n) is 14.2. The topological polar surface area (TPSA) is 49.8 Å². The number of aromatic nitrogens is 1. The molecule has 0 unspecified atom stereocenters. The number of amidine groups is 1. The average molecular weight is 324 g/mol. The molecule has 2 aromatic rings. The average Bonchev–Trinajstić information content (AvgIpc) is 2.61. The second kappa shape index (κ2) is 6.77. The molecular weight excluding hydrogens is 300 g/mol. The number of ether oxygens (including phenoxy) is 1. The van der Waals surface area contributed by atoms with Crippen LogP contribution >= 0.6 is 0 Å². The highest BCUT2D eigenvalue weighted by Gasteiger charge is 2.21. The summed E-state index contributed by atoms with van der Waals surface area (Å²) in [5, 5.41) is 5.58. The standard InChI is InChI=1S/C19H24N4O/c1-14-2-3-16-12-21-18(11-17(16)10-14)22-19-20-7-4-15-5-8-23(9-6-15)13-24-19/h2-3,10-12,15H,4-9,13H2,1H3,(H,20,21,22). The van der Waals surface area contributed by atoms with Gasteiger partial charge in [0.05, 0.1) is 0 Å². The van der Waals surface area contributed by atoms with Crippen LogP contribution in [0.1, 0.15) is 24.8 Å². The molecule has 4 heterocycles. The zero-order chi connectivity index (χ0) is 16.4. The number of aryl methyl sites for hydroxylation is 1. The molecule has 0 saturated carbocycles. The summed E-state index contributed by atoms with van der Waals surface area (Å²) in [6, 6.07) is 9.02. The Labute approximate surface area is 142 Å². The fourth-order valence-corrected chi connectivity index (χ4v) is 3.46. The van der Waals surface area contributed by atoms with Crippen molar-refractivity contribution < 1.29 is 4.74 Å². The van der Waals surface area contributed by atoms with Crippen molar-refractivity contribution in [2.75, 3.05) is 31.7 Å². The summed E-state index contributed by atoms with van der Waals surface area (Å²) in [4.78, 5) is 11.5. The van der Waals surface area contributed by atoms with Crippen LogP contribution in [-0.4, -0.2) is 42.3 Å². The molecule has 1 N–H and O–H groups in total. The molecule has 126 valence electrons. The summed E-state index contributed by atoms with van der Waals surface area (Å²) in [6.45, 7) is 5.78. The van der Waals surface area contributed by atoms with Gasteiger partial charge in [0, 0.05) is 31.2 Å². The Morgan fingerprint density at radius 3 is 2.88 bits per heavy atom. The first-order chi connectivity index (χ1) is 11.8. The first kappa shape index (κ1) is 15.4. The minimum Gasteiger partial charge on any atom is -0.449 e. The lowest BCUT2D eigenvalue weighted by Gasteiger charge is -2.32. The molecule has 1 aromatic carbocycles. The number of pyridine rings is 1. The van der Waals surface area contributed by atoms with Gasteiger partial charge in [-0.1, -0.05) is 23.8 Å². The Morgan fingerprint density at radius 2 is 2.00 bits per heavy atom. The van der Waals surface area contributed by atoms with Gasteiger partial charge in [0.25, 0.3) is 6.02 Å². The number of hydrogen-bond acceptors (Lipinski definition) is 5. The largest absolute Gasteiger partial charge is 0.449 e. The molecule has 2 bridgehead atoms. The maximum atomic E-state index is 5.91. The molecule has 0 aliphatic carbocycles. The van der Waals surface area contributed by atoms with E-state index in [1.54, 1.807) is 0 Å². The summed E-state index contributed by atoms with van der Waals surface area (Å²) in [5.74, 6) is 1.59. The molecule has 0 spiro atoms. The molecule has 3 aliphatic rings. The molecule has 0 radical (unpaired) electrons. The lowest BCUT2D eigenvalue weighted by atomic mass is 9.94. The van der Waals surface area contributed by atoms with Crippen LogP contribution in [0.2, 0.25) is 0 Å². The third-order valence-corrected chi connectivity index (χ3v) is 5.00. The summed E-state index contributed by atoms with van der Waals surface area (Å²) in [5.41, 5.74) is 1.25. The van der Waals surface area contributed by atoms with E-state index in [1.165, 1.54) is 23.8 Å². The van der Waals surface area contributed by atoms with Crippen molar-refractivity contribution in [3.63, 3.8) is 0 Å². The minimum absolute atomic E-state index is 0.585. The van der Waals surface area contributed by atoms with Gasteiger partial charge < -0.3 is 4.74 Å². The molecule has 3 aliphatic heterocycles. The number of fused-ring (bicyclic) bond motifs is 7. The Bertz CT molecular complexity index is 750. The first-order valence-electron chi connectivity index (χ1n) is 8.79. The number of piperidine rings is 1. The van der Waals surface area contributed by atoms with Gasteiger partial charge in [-0.2, -0.15) is 0 Å². The summed E-state index contributed by atoms with van der Waals surface area (Å²) >= 11 is 0. The van der Waals surface area contributed by atoms with Crippen molar-refractivity contribution in [1.82, 2.24) is 9.88 Å². The van der Waals surface area contributed by atoms with Gasteiger partial charge in [-0.25, -0.2) is 9.98 Å². The van der Waals surface area contributed by atoms with E-state index in [4.69, 9.17) is 4.74 Å². The van der Waals surface area contributed by atoms with Crippen molar-refractivity contribution in [2.45, 2.75) is 26.2 Å². The summed E-state index contributed by atoms with van der Waals surface area (Å²) < 4.78 is 5.91. The second-order valence-electron chi connectivity index (χ2n) is 6.86. The van der Waals surface area contributed by atoms with Crippen LogP contribution in [0.15, 0.2) is 35.5 Å². The molecule has 0 amide bonds. The maximum absolute atomic E-state index is 5.91. The molecule has 5 heteroatoms. The molecule has 24 heavy (non-hydrogen) atoms. The third kappa shape index (κ3) is 3.51. The normalized spacial score (nSPS) is 24.3. The quantitative estimate of drug-likeness (QED) is 0.873. The van der Waals surface area contributed by atoms with E-state index in [0.717, 1.165) is 43.2 Å². The highest BCUT2D eigenvalue weighted by molar-refractivity contribution is 5.91. The fraction of sp³-hybridized carbons (Fsp3) is 0.474. The molecule has 0 atom stereocenters. The van der Waals surface area contributed by atoms with Crippen LogP contribution in [0.3, 0.4) is 0 Å². The zero-order valence-corrected chi connectivity index (χ0v) is 14.2. The van der Waals surface area contributed by atoms with Crippen LogP contribution in [-0.2, 0) is 4.74 Å². The lowest BCUT2D eigenvalue weighted by molar-refractivity contribution is 0.0761. The fourth-order valence-electron chi connectivity index (χ4n) is 3.46. The molecule has 1 saturated heterocycles. The number of aliphatic imine (C=N–C) groups is 1. The van der Waals surface area contributed by atoms with Gasteiger partial charge >= 0.3 is 0 Å². The van der Waals surface area contributed by atoms with Crippen molar-refractivity contribution in [2.24, 2.45) is 10.9 Å². The van der Waals surface area contributed by atoms with Crippen molar-refractivity contribution in [1.29, 1.82) is 0 Å². The van der Waals surface area contributed by atoms with Gasteiger partial charge in [0.15, 0.2) is 0 Å². The van der Waals surface area contributed by atoms with Crippen LogP contribution in [0, 0.1) is 12.8 Å². The van der Waals surface area contributed by atoms with E-state index in [2.05, 4.69) is 51.4 Å². The number of rotatable bonds is 1. The molecule has 5 nitrogen and oxygen atoms in total. The number of anilines is 1. The Morgan fingerprint density at radius 1 is 1.12 bits per heavy atom. The Hall–Kier alpha value is -2.14. The monoisotopic (exact) mass is 324 g/mol. The van der Waals surface area contributed by atoms with E-state index >= 15 is 0 Å². The Kier molecular flexibility index (Phi) is 4.34. The Balaban J connectivity index is 1.52. The number of benzene rings is 1. The minimum atomic E-state index is 0.585. The molecular formula is C19H24N4O. The van der Waals surface area contributed by atoms with E-state index in [1.807, 2.05) is 6.20 Å². The number of nitrogens with one attached hydrogen (secondary N) is 1. The van der Waals surface area contributed by atoms with Gasteiger partial charge in [-0.3, -0.25) is 10.2 Å². The third-order valence-electron chi connectivity index (χ3n) is 5.00. The predicted octanol–water partition coefficient (Wildman–Crippen LogP) is 3.40. The van der Waals surface area contributed by atoms with Gasteiger partial charge in [-0.15, -0.1) is 0 Å². The van der Waals surface area contributed by atoms with E-state index in [-0.39, 0.29) is 0 Å². The highest BCUT2D eigenvalue weighted by atomic mass is 16.5. The smallest absolute Gasteiger partial charge is 0.291 e. The van der Waals surface area contributed by atoms with Gasteiger partial charge in [0.2, 0.25) is 0 Å². The second-order valence-corrected chi connectivity index (χ2v) is 6.86. The maximum Gasteiger partial charge on any atom is 0.291 e. The van der Waals surface area contributed by atoms with E-state index in [9.17, 15) is 0 Å². The summed E-state index contributed by atoms with van der Waals surface area (Å²) in [6.07, 6.45) is 5.58. The van der Waals surface area contributed by atoms with Crippen LogP contribution < -0.4 is 5.32 Å². The van der Waals surface area contributed by atoms with E-state index < -0.39 is 0 Å². The van der Waals surface area contributed by atoms with Crippen molar-refractivity contribution >= 4 is 22.6 Å². The van der Waals surface area contributed by atoms with Crippen LogP contribution in [0.4, 0.5) is 5.82 Å². The summed E-state index contributed by atoms with van der Waals surface area (Å²) in [7, 11) is 0. The van der Waals surface area contributed by atoms with Crippen LogP contribution in [0.25, 0.3) is 10.8 Å². The SMILES string of the molecule is Cc1ccc2cnc(NC3=NCCC4CCN(CC4)CO3)cc2c1. The molecule has 1 aromatic heterocycles. The van der Waals surface area contributed by atoms with Gasteiger partial charge in [0.1, 0.15) is 12.5 Å². The number of hydrogen-bond donors (Lipinski definition) is 1. The molecule has 1 fully saturated rings. The lowest BCUT2D eigenvalue weighted by Crippen LogP contribution is -2.38. The van der Waals surface area contributed by atoms with Gasteiger partial charge in [-0.05, 0) is 43.6 Å².